The van der Waals surface area contributed by atoms with Crippen LogP contribution in [0.4, 0.5) is 18.0 Å². The molecule has 0 unspecified atom stereocenters. The normalized spacial score (nSPS) is 14.7. The Morgan fingerprint density at radius 1 is 1.24 bits per heavy atom. The van der Waals surface area contributed by atoms with Crippen LogP contribution in [0.15, 0.2) is 0 Å². The summed E-state index contributed by atoms with van der Waals surface area (Å²) in [6.45, 7) is 4.37. The molecule has 2 N–H and O–H groups in total. The third kappa shape index (κ3) is 3.55. The minimum absolute atomic E-state index is 0.0528. The van der Waals surface area contributed by atoms with E-state index in [1.165, 1.54) is 11.0 Å². The number of hydrogen-bond acceptors (Lipinski definition) is 4. The Bertz CT molecular complexity index is 769. The molecule has 2 heterocycles. The lowest BCUT2D eigenvalue weighted by Crippen LogP contribution is -2.42. The molecule has 1 aromatic rings. The van der Waals surface area contributed by atoms with E-state index in [-0.39, 0.29) is 25.3 Å². The number of carbonyl (C=O) groups is 2. The van der Waals surface area contributed by atoms with E-state index in [4.69, 9.17) is 15.7 Å². The molecule has 10 heteroatoms. The van der Waals surface area contributed by atoms with Crippen LogP contribution in [-0.4, -0.2) is 33.6 Å². The molecule has 0 saturated heterocycles. The van der Waals surface area contributed by atoms with Crippen molar-refractivity contribution in [1.29, 1.82) is 5.26 Å². The van der Waals surface area contributed by atoms with E-state index < -0.39 is 40.6 Å². The fraction of sp³-hybridized carbons (Fsp3) is 0.533. The molecule has 25 heavy (non-hydrogen) atoms. The fourth-order valence-corrected chi connectivity index (χ4v) is 2.71. The Morgan fingerprint density at radius 3 is 2.28 bits per heavy atom. The molecule has 1 aliphatic rings. The summed E-state index contributed by atoms with van der Waals surface area (Å²) in [7, 11) is 0. The van der Waals surface area contributed by atoms with E-state index >= 15 is 0 Å². The number of nitrogens with zero attached hydrogens (tertiary/aromatic N) is 3. The van der Waals surface area contributed by atoms with Crippen molar-refractivity contribution in [1.82, 2.24) is 9.47 Å². The van der Waals surface area contributed by atoms with E-state index in [2.05, 4.69) is 0 Å². The maximum atomic E-state index is 13.3. The van der Waals surface area contributed by atoms with Crippen molar-refractivity contribution >= 4 is 12.0 Å². The maximum absolute atomic E-state index is 13.3. The minimum atomic E-state index is -4.83. The number of nitriles is 1. The largest absolute Gasteiger partial charge is 0.444 e. The first-order valence-corrected chi connectivity index (χ1v) is 7.37. The predicted molar refractivity (Wildman–Crippen MR) is 79.3 cm³/mol. The van der Waals surface area contributed by atoms with Gasteiger partial charge >= 0.3 is 12.3 Å². The third-order valence-electron chi connectivity index (χ3n) is 3.58. The fourth-order valence-electron chi connectivity index (χ4n) is 2.71. The van der Waals surface area contributed by atoms with E-state index in [0.717, 1.165) is 4.57 Å². The number of halogens is 3. The van der Waals surface area contributed by atoms with Crippen molar-refractivity contribution in [2.45, 2.75) is 45.6 Å². The smallest absolute Gasteiger partial charge is 0.432 e. The van der Waals surface area contributed by atoms with E-state index in [1.54, 1.807) is 20.8 Å². The summed E-state index contributed by atoms with van der Waals surface area (Å²) < 4.78 is 46.1. The molecule has 0 saturated carbocycles. The van der Waals surface area contributed by atoms with E-state index in [0.29, 0.717) is 0 Å². The van der Waals surface area contributed by atoms with Crippen molar-refractivity contribution in [2.24, 2.45) is 5.73 Å². The van der Waals surface area contributed by atoms with Gasteiger partial charge in [0.05, 0.1) is 23.4 Å². The zero-order valence-electron chi connectivity index (χ0n) is 13.9. The summed E-state index contributed by atoms with van der Waals surface area (Å²) in [6, 6.07) is 1.42. The van der Waals surface area contributed by atoms with Crippen LogP contribution in [-0.2, 0) is 24.0 Å². The van der Waals surface area contributed by atoms with Gasteiger partial charge in [-0.3, -0.25) is 4.79 Å². The molecular weight excluding hydrogens is 341 g/mol. The highest BCUT2D eigenvalue weighted by molar-refractivity contribution is 5.97. The molecule has 1 aromatic heterocycles. The van der Waals surface area contributed by atoms with Gasteiger partial charge in [-0.25, -0.2) is 4.79 Å². The van der Waals surface area contributed by atoms with E-state index in [1.807, 2.05) is 0 Å². The number of alkyl halides is 3. The second kappa shape index (κ2) is 5.98. The van der Waals surface area contributed by atoms with Gasteiger partial charge in [0.1, 0.15) is 17.4 Å². The Labute approximate surface area is 141 Å². The van der Waals surface area contributed by atoms with Gasteiger partial charge in [0.2, 0.25) is 0 Å². The highest BCUT2D eigenvalue weighted by Crippen LogP contribution is 2.38. The molecule has 1 aliphatic heterocycles. The highest BCUT2D eigenvalue weighted by Gasteiger charge is 2.44. The maximum Gasteiger partial charge on any atom is 0.432 e. The number of rotatable bonds is 1. The zero-order valence-corrected chi connectivity index (χ0v) is 13.9. The van der Waals surface area contributed by atoms with Crippen molar-refractivity contribution in [3.63, 3.8) is 0 Å². The predicted octanol–water partition coefficient (Wildman–Crippen LogP) is 2.23. The van der Waals surface area contributed by atoms with Crippen LogP contribution in [0.25, 0.3) is 0 Å². The molecule has 2 amide bonds. The number of amides is 2. The first kappa shape index (κ1) is 18.6. The molecule has 136 valence electrons. The Kier molecular flexibility index (Phi) is 4.46. The number of ether oxygens (including phenoxy) is 1. The van der Waals surface area contributed by atoms with Crippen molar-refractivity contribution < 1.29 is 27.5 Å². The monoisotopic (exact) mass is 358 g/mol. The second-order valence-electron chi connectivity index (χ2n) is 6.57. The summed E-state index contributed by atoms with van der Waals surface area (Å²) in [5.41, 5.74) is 1.74. The average Bonchev–Trinajstić information content (AvgIpc) is 2.78. The number of carbonyl (C=O) groups excluding carboxylic acids is 2. The summed E-state index contributed by atoms with van der Waals surface area (Å²) in [5, 5.41) is 9.11. The topological polar surface area (TPSA) is 101 Å². The number of fused-ring (bicyclic) bond motifs is 1. The van der Waals surface area contributed by atoms with Crippen LogP contribution in [0.5, 0.6) is 0 Å². The van der Waals surface area contributed by atoms with Gasteiger partial charge in [-0.15, -0.1) is 0 Å². The van der Waals surface area contributed by atoms with Gasteiger partial charge in [-0.05, 0) is 20.8 Å². The van der Waals surface area contributed by atoms with Gasteiger partial charge in [-0.1, -0.05) is 0 Å². The van der Waals surface area contributed by atoms with Crippen LogP contribution in [0.2, 0.25) is 0 Å². The molecular formula is C15H17F3N4O3. The van der Waals surface area contributed by atoms with Crippen molar-refractivity contribution in [3.8, 4) is 6.07 Å². The van der Waals surface area contributed by atoms with Crippen LogP contribution in [0, 0.1) is 11.3 Å². The number of hydrogen-bond donors (Lipinski definition) is 1. The van der Waals surface area contributed by atoms with Gasteiger partial charge in [0.15, 0.2) is 0 Å². The molecule has 0 fully saturated rings. The summed E-state index contributed by atoms with van der Waals surface area (Å²) >= 11 is 0. The molecule has 0 radical (unpaired) electrons. The molecule has 2 rings (SSSR count). The number of aromatic nitrogens is 1. The van der Waals surface area contributed by atoms with Crippen LogP contribution in [0.1, 0.15) is 48.1 Å². The van der Waals surface area contributed by atoms with Gasteiger partial charge in [0.25, 0.3) is 5.91 Å². The molecule has 0 spiro atoms. The lowest BCUT2D eigenvalue weighted by molar-refractivity contribution is -0.144. The summed E-state index contributed by atoms with van der Waals surface area (Å²) in [6.07, 6.45) is -5.55. The van der Waals surface area contributed by atoms with Crippen LogP contribution < -0.4 is 5.73 Å². The molecule has 0 aromatic carbocycles. The second-order valence-corrected chi connectivity index (χ2v) is 6.57. The number of primary amides is 1. The van der Waals surface area contributed by atoms with Gasteiger partial charge in [-0.2, -0.15) is 18.4 Å². The lowest BCUT2D eigenvalue weighted by atomic mass is 10.1. The Balaban J connectivity index is 2.52. The van der Waals surface area contributed by atoms with Crippen LogP contribution in [0.3, 0.4) is 0 Å². The number of nitrogens with two attached hydrogens (primary N) is 1. The zero-order chi connectivity index (χ0) is 19.2. The standard InChI is InChI=1S/C15H17F3N4O3/c1-14(2,3)25-13(24)21-4-5-22-9(7-21)10(12(20)23)8(6-19)11(22)15(16,17)18/h4-5,7H2,1-3H3,(H2,20,23). The molecule has 7 nitrogen and oxygen atoms in total. The first-order valence-electron chi connectivity index (χ1n) is 7.37. The minimum Gasteiger partial charge on any atom is -0.444 e. The van der Waals surface area contributed by atoms with Crippen LogP contribution >= 0.6 is 0 Å². The van der Waals surface area contributed by atoms with E-state index in [9.17, 15) is 22.8 Å². The quantitative estimate of drug-likeness (QED) is 0.832. The summed E-state index contributed by atoms with van der Waals surface area (Å²) in [5.74, 6) is -1.15. The van der Waals surface area contributed by atoms with Crippen molar-refractivity contribution in [2.75, 3.05) is 6.54 Å². The first-order chi connectivity index (χ1) is 11.4. The van der Waals surface area contributed by atoms with Crippen molar-refractivity contribution in [3.05, 3.63) is 22.5 Å². The third-order valence-corrected chi connectivity index (χ3v) is 3.58. The molecule has 0 atom stereocenters. The van der Waals surface area contributed by atoms with Gasteiger partial charge < -0.3 is 19.9 Å². The van der Waals surface area contributed by atoms with Gasteiger partial charge in [0, 0.05) is 13.1 Å². The Morgan fingerprint density at radius 2 is 1.84 bits per heavy atom. The molecule has 0 aliphatic carbocycles. The molecule has 0 bridgehead atoms. The average molecular weight is 358 g/mol. The Hall–Kier alpha value is -2.70. The summed E-state index contributed by atoms with van der Waals surface area (Å²) in [4.78, 5) is 25.0. The lowest BCUT2D eigenvalue weighted by Gasteiger charge is -2.32. The SMILES string of the molecule is CC(C)(C)OC(=O)N1CCn2c(c(C(N)=O)c(C#N)c2C(F)(F)F)C1. The highest BCUT2D eigenvalue weighted by atomic mass is 19.4.